The van der Waals surface area contributed by atoms with Crippen LogP contribution in [0.2, 0.25) is 0 Å². The summed E-state index contributed by atoms with van der Waals surface area (Å²) in [5.41, 5.74) is 2.76. The summed E-state index contributed by atoms with van der Waals surface area (Å²) < 4.78 is 16.5. The smallest absolute Gasteiger partial charge is 0.230 e. The van der Waals surface area contributed by atoms with Crippen LogP contribution >= 0.6 is 11.8 Å². The van der Waals surface area contributed by atoms with Crippen LogP contribution in [-0.4, -0.2) is 28.9 Å². The number of aromatic nitrogens is 3. The van der Waals surface area contributed by atoms with E-state index in [1.54, 1.807) is 25.1 Å². The Morgan fingerprint density at radius 1 is 0.929 bits per heavy atom. The van der Waals surface area contributed by atoms with Crippen molar-refractivity contribution in [2.75, 3.05) is 13.9 Å². The van der Waals surface area contributed by atoms with Crippen LogP contribution in [0.1, 0.15) is 5.69 Å². The highest BCUT2D eigenvalue weighted by molar-refractivity contribution is 7.98. The molecule has 0 aliphatic rings. The predicted octanol–water partition coefficient (Wildman–Crippen LogP) is 4.67. The van der Waals surface area contributed by atoms with Gasteiger partial charge in [-0.05, 0) is 30.3 Å². The molecular weight excluding hydrogens is 374 g/mol. The quantitative estimate of drug-likeness (QED) is 0.346. The number of ether oxygens (including phenoxy) is 3. The van der Waals surface area contributed by atoms with Gasteiger partial charge < -0.3 is 19.2 Å². The first-order valence-electron chi connectivity index (χ1n) is 8.72. The van der Waals surface area contributed by atoms with Gasteiger partial charge in [0.25, 0.3) is 0 Å². The molecule has 2 aromatic heterocycles. The fraction of sp³-hybridized carbons (Fsp3) is 0.143. The van der Waals surface area contributed by atoms with Crippen molar-refractivity contribution in [3.8, 4) is 17.2 Å². The lowest BCUT2D eigenvalue weighted by Crippen LogP contribution is -2.05. The molecule has 0 aliphatic heterocycles. The van der Waals surface area contributed by atoms with E-state index in [9.17, 15) is 0 Å². The zero-order chi connectivity index (χ0) is 19.2. The average Bonchev–Trinajstić information content (AvgIpc) is 3.15. The standard InChI is InChI=1S/C21H19N3O3S/c1-25-17-7-8-19-20(12-17)24-21(23-19)28-13-15-11-18(9-10-22-15)27-14-26-16-5-3-2-4-6-16/h2-12H,13-14H2,1H3,(H,23,24). The third kappa shape index (κ3) is 4.55. The number of nitrogens with zero attached hydrogens (tertiary/aromatic N) is 2. The number of hydrogen-bond donors (Lipinski definition) is 1. The first kappa shape index (κ1) is 18.2. The molecule has 1 N–H and O–H groups in total. The molecule has 7 heteroatoms. The van der Waals surface area contributed by atoms with Crippen LogP contribution in [0.3, 0.4) is 0 Å². The van der Waals surface area contributed by atoms with Crippen molar-refractivity contribution in [1.29, 1.82) is 0 Å². The van der Waals surface area contributed by atoms with Gasteiger partial charge in [0, 0.05) is 24.1 Å². The Morgan fingerprint density at radius 3 is 2.64 bits per heavy atom. The van der Waals surface area contributed by atoms with E-state index in [1.165, 1.54) is 0 Å². The molecular formula is C21H19N3O3S. The van der Waals surface area contributed by atoms with E-state index in [1.807, 2.05) is 60.7 Å². The number of para-hydroxylation sites is 1. The Balaban J connectivity index is 1.34. The van der Waals surface area contributed by atoms with Gasteiger partial charge in [0.1, 0.15) is 17.2 Å². The minimum atomic E-state index is 0.145. The molecule has 0 aliphatic carbocycles. The van der Waals surface area contributed by atoms with Crippen molar-refractivity contribution < 1.29 is 14.2 Å². The molecule has 0 fully saturated rings. The van der Waals surface area contributed by atoms with Crippen LogP contribution in [0.15, 0.2) is 72.0 Å². The zero-order valence-electron chi connectivity index (χ0n) is 15.3. The van der Waals surface area contributed by atoms with Crippen LogP contribution in [0, 0.1) is 0 Å². The van der Waals surface area contributed by atoms with Gasteiger partial charge in [-0.25, -0.2) is 4.98 Å². The molecule has 0 spiro atoms. The van der Waals surface area contributed by atoms with Crippen molar-refractivity contribution in [3.63, 3.8) is 0 Å². The van der Waals surface area contributed by atoms with E-state index >= 15 is 0 Å². The Hall–Kier alpha value is -3.19. The predicted molar refractivity (Wildman–Crippen MR) is 109 cm³/mol. The van der Waals surface area contributed by atoms with Gasteiger partial charge in [-0.1, -0.05) is 30.0 Å². The summed E-state index contributed by atoms with van der Waals surface area (Å²) in [6.45, 7) is 0.145. The van der Waals surface area contributed by atoms with E-state index in [2.05, 4.69) is 15.0 Å². The summed E-state index contributed by atoms with van der Waals surface area (Å²) in [7, 11) is 1.65. The Morgan fingerprint density at radius 2 is 1.79 bits per heavy atom. The van der Waals surface area contributed by atoms with E-state index in [0.29, 0.717) is 5.75 Å². The van der Waals surface area contributed by atoms with Crippen LogP contribution in [-0.2, 0) is 5.75 Å². The first-order chi connectivity index (χ1) is 13.8. The maximum atomic E-state index is 5.67. The molecule has 142 valence electrons. The largest absolute Gasteiger partial charge is 0.497 e. The first-order valence-corrected chi connectivity index (χ1v) is 9.71. The summed E-state index contributed by atoms with van der Waals surface area (Å²) >= 11 is 1.59. The third-order valence-corrected chi connectivity index (χ3v) is 4.91. The lowest BCUT2D eigenvalue weighted by molar-refractivity contribution is 0.119. The Bertz CT molecular complexity index is 1050. The third-order valence-electron chi connectivity index (χ3n) is 4.01. The van der Waals surface area contributed by atoms with Crippen LogP contribution in [0.5, 0.6) is 17.2 Å². The van der Waals surface area contributed by atoms with Gasteiger partial charge in [0.05, 0.1) is 23.8 Å². The van der Waals surface area contributed by atoms with Gasteiger partial charge in [0.2, 0.25) is 6.79 Å². The minimum absolute atomic E-state index is 0.145. The molecule has 0 saturated heterocycles. The number of fused-ring (bicyclic) bond motifs is 1. The molecule has 2 aromatic carbocycles. The van der Waals surface area contributed by atoms with Crippen molar-refractivity contribution >= 4 is 22.8 Å². The number of nitrogens with one attached hydrogen (secondary N) is 1. The molecule has 4 rings (SSSR count). The van der Waals surface area contributed by atoms with E-state index in [-0.39, 0.29) is 6.79 Å². The molecule has 0 radical (unpaired) electrons. The van der Waals surface area contributed by atoms with Gasteiger partial charge in [-0.2, -0.15) is 0 Å². The number of hydrogen-bond acceptors (Lipinski definition) is 6. The van der Waals surface area contributed by atoms with Gasteiger partial charge in [-0.3, -0.25) is 4.98 Å². The van der Waals surface area contributed by atoms with Crippen LogP contribution in [0.4, 0.5) is 0 Å². The van der Waals surface area contributed by atoms with Gasteiger partial charge >= 0.3 is 0 Å². The fourth-order valence-electron chi connectivity index (χ4n) is 2.61. The molecule has 0 saturated carbocycles. The summed E-state index contributed by atoms with van der Waals surface area (Å²) in [5.74, 6) is 2.97. The number of pyridine rings is 1. The Labute approximate surface area is 166 Å². The second-order valence-electron chi connectivity index (χ2n) is 5.92. The number of rotatable bonds is 8. The number of benzene rings is 2. The van der Waals surface area contributed by atoms with E-state index < -0.39 is 0 Å². The molecule has 28 heavy (non-hydrogen) atoms. The molecule has 6 nitrogen and oxygen atoms in total. The SMILES string of the molecule is COc1ccc2nc(SCc3cc(OCOc4ccccc4)ccn3)[nH]c2c1. The maximum absolute atomic E-state index is 5.67. The van der Waals surface area contributed by atoms with E-state index in [4.69, 9.17) is 14.2 Å². The average molecular weight is 393 g/mol. The monoisotopic (exact) mass is 393 g/mol. The highest BCUT2D eigenvalue weighted by Crippen LogP contribution is 2.25. The topological polar surface area (TPSA) is 69.3 Å². The van der Waals surface area contributed by atoms with Crippen molar-refractivity contribution in [2.24, 2.45) is 0 Å². The van der Waals surface area contributed by atoms with Gasteiger partial charge in [-0.15, -0.1) is 0 Å². The lowest BCUT2D eigenvalue weighted by Gasteiger charge is -2.09. The minimum Gasteiger partial charge on any atom is -0.497 e. The molecule has 0 unspecified atom stereocenters. The summed E-state index contributed by atoms with van der Waals surface area (Å²) in [4.78, 5) is 12.3. The number of H-pyrrole nitrogens is 1. The van der Waals surface area contributed by atoms with Gasteiger partial charge in [0.15, 0.2) is 5.16 Å². The molecule has 2 heterocycles. The zero-order valence-corrected chi connectivity index (χ0v) is 16.1. The van der Waals surface area contributed by atoms with Crippen molar-refractivity contribution in [3.05, 3.63) is 72.6 Å². The van der Waals surface area contributed by atoms with E-state index in [0.717, 1.165) is 39.1 Å². The maximum Gasteiger partial charge on any atom is 0.230 e. The number of thioether (sulfide) groups is 1. The van der Waals surface area contributed by atoms with Crippen molar-refractivity contribution in [2.45, 2.75) is 10.9 Å². The molecule has 0 amide bonds. The molecule has 0 bridgehead atoms. The van der Waals surface area contributed by atoms with Crippen LogP contribution in [0.25, 0.3) is 11.0 Å². The fourth-order valence-corrected chi connectivity index (χ4v) is 3.40. The summed E-state index contributed by atoms with van der Waals surface area (Å²) in [5, 5.41) is 0.837. The second kappa shape index (κ2) is 8.67. The number of methoxy groups -OCH3 is 1. The van der Waals surface area contributed by atoms with Crippen LogP contribution < -0.4 is 14.2 Å². The number of aromatic amines is 1. The Kier molecular flexibility index (Phi) is 5.63. The second-order valence-corrected chi connectivity index (χ2v) is 6.88. The highest BCUT2D eigenvalue weighted by atomic mass is 32.2. The summed E-state index contributed by atoms with van der Waals surface area (Å²) in [6, 6.07) is 19.1. The number of imidazole rings is 1. The highest BCUT2D eigenvalue weighted by Gasteiger charge is 2.06. The molecule has 0 atom stereocenters. The molecule has 4 aromatic rings. The normalized spacial score (nSPS) is 10.8. The lowest BCUT2D eigenvalue weighted by atomic mass is 10.3. The summed E-state index contributed by atoms with van der Waals surface area (Å²) in [6.07, 6.45) is 1.73. The van der Waals surface area contributed by atoms with Crippen molar-refractivity contribution in [1.82, 2.24) is 15.0 Å².